The third-order valence-electron chi connectivity index (χ3n) is 4.82. The molecule has 4 heteroatoms. The zero-order valence-corrected chi connectivity index (χ0v) is 19.9. The van der Waals surface area contributed by atoms with Gasteiger partial charge in [-0.05, 0) is 12.8 Å². The third kappa shape index (κ3) is 14.9. The van der Waals surface area contributed by atoms with Crippen molar-refractivity contribution in [2.24, 2.45) is 5.92 Å². The van der Waals surface area contributed by atoms with E-state index in [9.17, 15) is 9.59 Å². The van der Waals surface area contributed by atoms with Crippen LogP contribution in [0, 0.1) is 5.92 Å². The molecular formula is C24H49NO3. The summed E-state index contributed by atoms with van der Waals surface area (Å²) in [5.74, 6) is -0.306. The van der Waals surface area contributed by atoms with E-state index in [0.29, 0.717) is 19.6 Å². The van der Waals surface area contributed by atoms with E-state index < -0.39 is 0 Å². The van der Waals surface area contributed by atoms with E-state index >= 15 is 0 Å². The minimum atomic E-state index is -0.242. The lowest BCUT2D eigenvalue weighted by molar-refractivity contribution is -0.148. The van der Waals surface area contributed by atoms with Crippen LogP contribution in [-0.2, 0) is 14.3 Å². The number of nitrogens with zero attached hydrogens (tertiary/aromatic N) is 1. The SMILES string of the molecule is CC.CC.CCCCCCCCCCN1CC(C(=O)OCCCCC)CC1=O. The first-order valence-electron chi connectivity index (χ1n) is 12.1. The Kier molecular flexibility index (Phi) is 23.1. The maximum Gasteiger partial charge on any atom is 0.311 e. The lowest BCUT2D eigenvalue weighted by Crippen LogP contribution is -2.27. The maximum absolute atomic E-state index is 12.0. The first-order chi connectivity index (χ1) is 13.7. The second-order valence-corrected chi connectivity index (χ2v) is 7.09. The standard InChI is InChI=1S/C20H37NO3.2C2H6/c1-3-5-7-8-9-10-11-12-14-21-17-18(16-19(21)22)20(23)24-15-13-6-4-2;2*1-2/h18H,3-17H2,1-2H3;2*1-2H3. The van der Waals surface area contributed by atoms with Crippen LogP contribution in [0.4, 0.5) is 0 Å². The van der Waals surface area contributed by atoms with E-state index in [1.807, 2.05) is 32.6 Å². The summed E-state index contributed by atoms with van der Waals surface area (Å²) in [5, 5.41) is 0. The number of hydrogen-bond acceptors (Lipinski definition) is 3. The van der Waals surface area contributed by atoms with Gasteiger partial charge in [0.15, 0.2) is 0 Å². The van der Waals surface area contributed by atoms with Crippen molar-refractivity contribution in [3.8, 4) is 0 Å². The summed E-state index contributed by atoms with van der Waals surface area (Å²) in [6.45, 7) is 14.2. The number of ether oxygens (including phenoxy) is 1. The zero-order chi connectivity index (χ0) is 21.6. The van der Waals surface area contributed by atoms with Crippen LogP contribution in [0.1, 0.15) is 119 Å². The Morgan fingerprint density at radius 1 is 0.857 bits per heavy atom. The van der Waals surface area contributed by atoms with Gasteiger partial charge in [0.2, 0.25) is 5.91 Å². The smallest absolute Gasteiger partial charge is 0.311 e. The molecule has 1 rings (SSSR count). The number of rotatable bonds is 14. The minimum Gasteiger partial charge on any atom is -0.465 e. The molecule has 0 saturated carbocycles. The highest BCUT2D eigenvalue weighted by molar-refractivity contribution is 5.86. The number of carbonyl (C=O) groups is 2. The highest BCUT2D eigenvalue weighted by Gasteiger charge is 2.34. The quantitative estimate of drug-likeness (QED) is 0.239. The Labute approximate surface area is 175 Å². The lowest BCUT2D eigenvalue weighted by atomic mass is 10.1. The van der Waals surface area contributed by atoms with Crippen LogP contribution in [0.15, 0.2) is 0 Å². The topological polar surface area (TPSA) is 46.6 Å². The van der Waals surface area contributed by atoms with Gasteiger partial charge in [0.05, 0.1) is 12.5 Å². The van der Waals surface area contributed by atoms with Crippen LogP contribution in [0.2, 0.25) is 0 Å². The van der Waals surface area contributed by atoms with Crippen LogP contribution in [-0.4, -0.2) is 36.5 Å². The maximum atomic E-state index is 12.0. The normalized spacial score (nSPS) is 15.4. The summed E-state index contributed by atoms with van der Waals surface area (Å²) in [4.78, 5) is 25.9. The van der Waals surface area contributed by atoms with Crippen LogP contribution < -0.4 is 0 Å². The minimum absolute atomic E-state index is 0.119. The van der Waals surface area contributed by atoms with Crippen molar-refractivity contribution >= 4 is 11.9 Å². The van der Waals surface area contributed by atoms with E-state index in [2.05, 4.69) is 13.8 Å². The molecule has 1 aliphatic heterocycles. The van der Waals surface area contributed by atoms with Gasteiger partial charge >= 0.3 is 5.97 Å². The van der Waals surface area contributed by atoms with Gasteiger partial charge in [0, 0.05) is 19.5 Å². The molecule has 0 radical (unpaired) electrons. The van der Waals surface area contributed by atoms with Gasteiger partial charge < -0.3 is 9.64 Å². The molecule has 1 amide bonds. The van der Waals surface area contributed by atoms with Gasteiger partial charge in [-0.1, -0.05) is 99.3 Å². The van der Waals surface area contributed by atoms with Crippen molar-refractivity contribution in [3.05, 3.63) is 0 Å². The number of hydrogen-bond donors (Lipinski definition) is 0. The molecule has 1 unspecified atom stereocenters. The second-order valence-electron chi connectivity index (χ2n) is 7.09. The number of carbonyl (C=O) groups excluding carboxylic acids is 2. The molecule has 1 atom stereocenters. The number of amides is 1. The molecule has 0 aromatic rings. The van der Waals surface area contributed by atoms with Crippen LogP contribution in [0.25, 0.3) is 0 Å². The molecule has 0 aromatic heterocycles. The first kappa shape index (κ1) is 29.1. The first-order valence-corrected chi connectivity index (χ1v) is 12.1. The molecule has 0 aliphatic carbocycles. The summed E-state index contributed by atoms with van der Waals surface area (Å²) in [6, 6.07) is 0. The molecular weight excluding hydrogens is 350 g/mol. The number of unbranched alkanes of at least 4 members (excludes halogenated alkanes) is 9. The monoisotopic (exact) mass is 399 g/mol. The predicted molar refractivity (Wildman–Crippen MR) is 120 cm³/mol. The molecule has 0 bridgehead atoms. The highest BCUT2D eigenvalue weighted by atomic mass is 16.5. The molecule has 1 fully saturated rings. The van der Waals surface area contributed by atoms with Gasteiger partial charge in [0.1, 0.15) is 0 Å². The molecule has 1 heterocycles. The van der Waals surface area contributed by atoms with Crippen LogP contribution in [0.5, 0.6) is 0 Å². The van der Waals surface area contributed by atoms with Crippen LogP contribution >= 0.6 is 0 Å². The van der Waals surface area contributed by atoms with Crippen molar-refractivity contribution in [2.75, 3.05) is 19.7 Å². The van der Waals surface area contributed by atoms with E-state index in [0.717, 1.165) is 32.2 Å². The largest absolute Gasteiger partial charge is 0.465 e. The zero-order valence-electron chi connectivity index (χ0n) is 19.9. The summed E-state index contributed by atoms with van der Waals surface area (Å²) in [5.41, 5.74) is 0. The van der Waals surface area contributed by atoms with Crippen LogP contribution in [0.3, 0.4) is 0 Å². The summed E-state index contributed by atoms with van der Waals surface area (Å²) < 4.78 is 5.30. The Morgan fingerprint density at radius 3 is 1.93 bits per heavy atom. The fourth-order valence-electron chi connectivity index (χ4n) is 3.23. The Hall–Kier alpha value is -1.06. The fraction of sp³-hybridized carbons (Fsp3) is 0.917. The third-order valence-corrected chi connectivity index (χ3v) is 4.82. The molecule has 0 N–H and O–H groups in total. The van der Waals surface area contributed by atoms with Gasteiger partial charge in [-0.25, -0.2) is 0 Å². The average molecular weight is 400 g/mol. The Balaban J connectivity index is 0. The summed E-state index contributed by atoms with van der Waals surface area (Å²) in [7, 11) is 0. The van der Waals surface area contributed by atoms with Crippen molar-refractivity contribution in [3.63, 3.8) is 0 Å². The molecule has 28 heavy (non-hydrogen) atoms. The average Bonchev–Trinajstić information content (AvgIpc) is 3.11. The van der Waals surface area contributed by atoms with Gasteiger partial charge in [0.25, 0.3) is 0 Å². The van der Waals surface area contributed by atoms with Crippen molar-refractivity contribution in [1.29, 1.82) is 0 Å². The number of likely N-dealkylation sites (tertiary alicyclic amines) is 1. The van der Waals surface area contributed by atoms with Crippen molar-refractivity contribution < 1.29 is 14.3 Å². The Bertz CT molecular complexity index is 358. The van der Waals surface area contributed by atoms with Gasteiger partial charge in [-0.2, -0.15) is 0 Å². The summed E-state index contributed by atoms with van der Waals surface area (Å²) >= 11 is 0. The van der Waals surface area contributed by atoms with E-state index in [4.69, 9.17) is 4.74 Å². The van der Waals surface area contributed by atoms with Crippen molar-refractivity contribution in [1.82, 2.24) is 4.90 Å². The molecule has 4 nitrogen and oxygen atoms in total. The lowest BCUT2D eigenvalue weighted by Gasteiger charge is -2.16. The molecule has 1 aliphatic rings. The number of esters is 1. The molecule has 168 valence electrons. The fourth-order valence-corrected chi connectivity index (χ4v) is 3.23. The van der Waals surface area contributed by atoms with E-state index in [1.54, 1.807) is 0 Å². The second kappa shape index (κ2) is 22.2. The molecule has 1 saturated heterocycles. The van der Waals surface area contributed by atoms with Gasteiger partial charge in [-0.15, -0.1) is 0 Å². The van der Waals surface area contributed by atoms with E-state index in [-0.39, 0.29) is 17.8 Å². The van der Waals surface area contributed by atoms with E-state index in [1.165, 1.54) is 44.9 Å². The Morgan fingerprint density at radius 2 is 1.36 bits per heavy atom. The molecule has 0 aromatic carbocycles. The predicted octanol–water partition coefficient (Wildman–Crippen LogP) is 6.76. The molecule has 0 spiro atoms. The van der Waals surface area contributed by atoms with Crippen molar-refractivity contribution in [2.45, 2.75) is 119 Å². The highest BCUT2D eigenvalue weighted by Crippen LogP contribution is 2.20. The van der Waals surface area contributed by atoms with Gasteiger partial charge in [-0.3, -0.25) is 9.59 Å². The summed E-state index contributed by atoms with van der Waals surface area (Å²) in [6.07, 6.45) is 13.6.